The second-order valence-corrected chi connectivity index (χ2v) is 9.94. The summed E-state index contributed by atoms with van der Waals surface area (Å²) in [6.45, 7) is 2.79. The number of aliphatic hydroxyl groups is 1. The summed E-state index contributed by atoms with van der Waals surface area (Å²) in [6, 6.07) is 0. The van der Waals surface area contributed by atoms with E-state index in [2.05, 4.69) is 11.4 Å². The number of unbranched alkanes of at least 4 members (excludes halogenated alkanes) is 8. The zero-order chi connectivity index (χ0) is 21.5. The first-order chi connectivity index (χ1) is 13.1. The van der Waals surface area contributed by atoms with Gasteiger partial charge < -0.3 is 14.5 Å². The molecule has 2 atom stereocenters. The molecule has 0 aromatic carbocycles. The average molecular weight is 425 g/mol. The molecule has 0 amide bonds. The molecule has 0 aliphatic heterocycles. The van der Waals surface area contributed by atoms with Crippen molar-refractivity contribution in [2.45, 2.75) is 90.3 Å². The standard InChI is InChI=1S/C20H42NO6P/c1-5-6-7-8-9-10-11-12-13-14-19(22)15-16-20(23)27-28(24,25)26-18-17-21(2,3)4/h20,23H,5-18H2,1-4H3/p+1. The first-order valence-corrected chi connectivity index (χ1v) is 12.2. The molecule has 0 saturated carbocycles. The second kappa shape index (κ2) is 15.5. The molecule has 0 spiro atoms. The molecule has 28 heavy (non-hydrogen) atoms. The van der Waals surface area contributed by atoms with Crippen LogP contribution in [0.25, 0.3) is 0 Å². The number of carbonyl (C=O) groups is 1. The van der Waals surface area contributed by atoms with Crippen molar-refractivity contribution in [2.24, 2.45) is 0 Å². The summed E-state index contributed by atoms with van der Waals surface area (Å²) < 4.78 is 21.9. The number of likely N-dealkylation sites (N-methyl/N-ethyl adjacent to an activating group) is 1. The van der Waals surface area contributed by atoms with Gasteiger partial charge in [0.05, 0.1) is 21.1 Å². The number of nitrogens with zero attached hydrogens (tertiary/aromatic N) is 1. The van der Waals surface area contributed by atoms with Gasteiger partial charge in [-0.3, -0.25) is 13.8 Å². The lowest BCUT2D eigenvalue weighted by Crippen LogP contribution is -2.37. The number of aliphatic hydroxyl groups excluding tert-OH is 1. The Morgan fingerprint density at radius 3 is 2.04 bits per heavy atom. The molecule has 0 saturated heterocycles. The number of ketones is 1. The lowest BCUT2D eigenvalue weighted by atomic mass is 10.0. The Kier molecular flexibility index (Phi) is 15.4. The van der Waals surface area contributed by atoms with Crippen LogP contribution in [0.4, 0.5) is 0 Å². The number of phosphoric ester groups is 1. The Morgan fingerprint density at radius 1 is 0.964 bits per heavy atom. The van der Waals surface area contributed by atoms with Gasteiger partial charge in [-0.25, -0.2) is 4.57 Å². The number of rotatable bonds is 19. The lowest BCUT2D eigenvalue weighted by molar-refractivity contribution is -0.870. The normalized spacial score (nSPS) is 15.4. The third kappa shape index (κ3) is 19.0. The van der Waals surface area contributed by atoms with Gasteiger partial charge in [-0.1, -0.05) is 58.3 Å². The van der Waals surface area contributed by atoms with E-state index in [0.717, 1.165) is 19.3 Å². The smallest absolute Gasteiger partial charge is 0.367 e. The number of phosphoric acid groups is 1. The summed E-state index contributed by atoms with van der Waals surface area (Å²) in [5.41, 5.74) is 0. The SMILES string of the molecule is CCCCCCCCCCCC(=O)CCC(O)OP(=O)(O)OCC[N+](C)(C)C. The van der Waals surface area contributed by atoms with E-state index in [1.54, 1.807) is 0 Å². The van der Waals surface area contributed by atoms with Crippen LogP contribution in [0, 0.1) is 0 Å². The summed E-state index contributed by atoms with van der Waals surface area (Å²) >= 11 is 0. The molecule has 0 fully saturated rings. The minimum atomic E-state index is -4.31. The van der Waals surface area contributed by atoms with Gasteiger partial charge in [-0.2, -0.15) is 0 Å². The molecular weight excluding hydrogens is 381 g/mol. The Bertz CT molecular complexity index is 452. The van der Waals surface area contributed by atoms with Crippen LogP contribution >= 0.6 is 7.82 Å². The van der Waals surface area contributed by atoms with Crippen LogP contribution in [0.5, 0.6) is 0 Å². The van der Waals surface area contributed by atoms with Crippen molar-refractivity contribution in [2.75, 3.05) is 34.3 Å². The molecule has 2 N–H and O–H groups in total. The van der Waals surface area contributed by atoms with Crippen molar-refractivity contribution in [3.8, 4) is 0 Å². The molecule has 8 heteroatoms. The van der Waals surface area contributed by atoms with E-state index in [1.807, 2.05) is 21.1 Å². The quantitative estimate of drug-likeness (QED) is 0.138. The van der Waals surface area contributed by atoms with Gasteiger partial charge in [0.1, 0.15) is 18.9 Å². The van der Waals surface area contributed by atoms with Crippen molar-refractivity contribution in [3.05, 3.63) is 0 Å². The van der Waals surface area contributed by atoms with E-state index in [1.165, 1.54) is 38.5 Å². The molecule has 168 valence electrons. The van der Waals surface area contributed by atoms with Gasteiger partial charge in [-0.15, -0.1) is 0 Å². The number of carbonyl (C=O) groups excluding carboxylic acids is 1. The van der Waals surface area contributed by atoms with Crippen LogP contribution in [-0.2, 0) is 18.4 Å². The molecule has 7 nitrogen and oxygen atoms in total. The maximum atomic E-state index is 11.9. The molecule has 0 aliphatic rings. The molecule has 0 aromatic rings. The lowest BCUT2D eigenvalue weighted by Gasteiger charge is -2.24. The van der Waals surface area contributed by atoms with Crippen molar-refractivity contribution < 1.29 is 32.9 Å². The van der Waals surface area contributed by atoms with Crippen LogP contribution in [-0.4, -0.2) is 60.9 Å². The summed E-state index contributed by atoms with van der Waals surface area (Å²) in [5.74, 6) is 0.0457. The predicted octanol–water partition coefficient (Wildman–Crippen LogP) is 4.41. The van der Waals surface area contributed by atoms with Crippen molar-refractivity contribution in [3.63, 3.8) is 0 Å². The zero-order valence-corrected chi connectivity index (χ0v) is 19.3. The first kappa shape index (κ1) is 27.7. The van der Waals surface area contributed by atoms with Crippen LogP contribution in [0.2, 0.25) is 0 Å². The van der Waals surface area contributed by atoms with E-state index in [4.69, 9.17) is 4.52 Å². The van der Waals surface area contributed by atoms with Gasteiger partial charge in [0.25, 0.3) is 0 Å². The third-order valence-electron chi connectivity index (χ3n) is 4.50. The summed E-state index contributed by atoms with van der Waals surface area (Å²) in [7, 11) is 1.48. The van der Waals surface area contributed by atoms with Crippen molar-refractivity contribution >= 4 is 13.6 Å². The van der Waals surface area contributed by atoms with Crippen molar-refractivity contribution in [1.82, 2.24) is 0 Å². The zero-order valence-electron chi connectivity index (χ0n) is 18.4. The molecule has 0 rings (SSSR count). The number of hydrogen-bond donors (Lipinski definition) is 2. The second-order valence-electron chi connectivity index (χ2n) is 8.53. The number of Topliss-reactive ketones (excluding diaryl/α,β-unsaturated/α-hetero) is 1. The highest BCUT2D eigenvalue weighted by atomic mass is 31.2. The highest BCUT2D eigenvalue weighted by Crippen LogP contribution is 2.44. The van der Waals surface area contributed by atoms with E-state index < -0.39 is 14.1 Å². The predicted molar refractivity (Wildman–Crippen MR) is 112 cm³/mol. The topological polar surface area (TPSA) is 93.1 Å². The van der Waals surface area contributed by atoms with Crippen molar-refractivity contribution in [1.29, 1.82) is 0 Å². The minimum absolute atomic E-state index is 0.000491. The number of quaternary nitrogens is 1. The van der Waals surface area contributed by atoms with Crippen LogP contribution in [0.1, 0.15) is 84.0 Å². The van der Waals surface area contributed by atoms with Gasteiger partial charge >= 0.3 is 7.82 Å². The maximum absolute atomic E-state index is 11.9. The largest absolute Gasteiger partial charge is 0.474 e. The summed E-state index contributed by atoms with van der Waals surface area (Å²) in [5, 5.41) is 9.73. The molecule has 0 aliphatic carbocycles. The maximum Gasteiger partial charge on any atom is 0.474 e. The molecule has 0 heterocycles. The summed E-state index contributed by atoms with van der Waals surface area (Å²) in [4.78, 5) is 21.5. The summed E-state index contributed by atoms with van der Waals surface area (Å²) in [6.07, 6.45) is 9.91. The highest BCUT2D eigenvalue weighted by Gasteiger charge is 2.26. The van der Waals surface area contributed by atoms with E-state index in [9.17, 15) is 19.4 Å². The minimum Gasteiger partial charge on any atom is -0.367 e. The molecule has 0 radical (unpaired) electrons. The van der Waals surface area contributed by atoms with Gasteiger partial charge in [0.2, 0.25) is 0 Å². The Hall–Kier alpha value is -0.300. The fourth-order valence-electron chi connectivity index (χ4n) is 2.71. The number of hydrogen-bond acceptors (Lipinski definition) is 5. The van der Waals surface area contributed by atoms with E-state index >= 15 is 0 Å². The fraction of sp³-hybridized carbons (Fsp3) is 0.950. The van der Waals surface area contributed by atoms with Crippen LogP contribution in [0.3, 0.4) is 0 Å². The Balaban J connectivity index is 3.72. The Labute approximate surface area is 171 Å². The average Bonchev–Trinajstić information content (AvgIpc) is 2.56. The van der Waals surface area contributed by atoms with Gasteiger partial charge in [-0.05, 0) is 6.42 Å². The van der Waals surface area contributed by atoms with E-state index in [0.29, 0.717) is 17.4 Å². The third-order valence-corrected chi connectivity index (χ3v) is 5.52. The first-order valence-electron chi connectivity index (χ1n) is 10.7. The molecule has 0 aromatic heterocycles. The fourth-order valence-corrected chi connectivity index (χ4v) is 3.50. The van der Waals surface area contributed by atoms with Crippen LogP contribution < -0.4 is 0 Å². The van der Waals surface area contributed by atoms with Gasteiger partial charge in [0, 0.05) is 19.3 Å². The monoisotopic (exact) mass is 424 g/mol. The molecule has 2 unspecified atom stereocenters. The highest BCUT2D eigenvalue weighted by molar-refractivity contribution is 7.47. The van der Waals surface area contributed by atoms with E-state index in [-0.39, 0.29) is 25.2 Å². The molecular formula is C20H43NO6P+. The molecule has 0 bridgehead atoms. The van der Waals surface area contributed by atoms with Gasteiger partial charge in [0.15, 0.2) is 6.29 Å². The van der Waals surface area contributed by atoms with Crippen LogP contribution in [0.15, 0.2) is 0 Å². The Morgan fingerprint density at radius 2 is 1.50 bits per heavy atom.